The summed E-state index contributed by atoms with van der Waals surface area (Å²) in [6, 6.07) is 5.36. The van der Waals surface area contributed by atoms with Crippen LogP contribution in [0.25, 0.3) is 0 Å². The summed E-state index contributed by atoms with van der Waals surface area (Å²) in [7, 11) is 0. The average molecular weight is 328 g/mol. The number of ether oxygens (including phenoxy) is 2. The van der Waals surface area contributed by atoms with E-state index in [1.54, 1.807) is 34.1 Å². The second kappa shape index (κ2) is 6.78. The molecule has 1 saturated heterocycles. The standard InChI is InChI=1S/C18H20N2O4/c1-3-7-19(8-4-2)18(22)13-9-17(21)20(11-13)14-5-6-15-16(10-14)24-12-23-15/h3-6,10,13H,1-2,7-9,11-12H2. The normalized spacial score (nSPS) is 18.6. The number of fused-ring (bicyclic) bond motifs is 1. The highest BCUT2D eigenvalue weighted by Crippen LogP contribution is 2.37. The lowest BCUT2D eigenvalue weighted by Gasteiger charge is -2.23. The highest BCUT2D eigenvalue weighted by molar-refractivity contribution is 6.00. The van der Waals surface area contributed by atoms with Crippen LogP contribution >= 0.6 is 0 Å². The molecule has 3 rings (SSSR count). The van der Waals surface area contributed by atoms with Crippen molar-refractivity contribution in [2.24, 2.45) is 5.92 Å². The molecule has 1 unspecified atom stereocenters. The number of amides is 2. The van der Waals surface area contributed by atoms with Crippen LogP contribution in [0.1, 0.15) is 6.42 Å². The third-order valence-corrected chi connectivity index (χ3v) is 4.15. The van der Waals surface area contributed by atoms with Gasteiger partial charge < -0.3 is 19.3 Å². The van der Waals surface area contributed by atoms with Crippen LogP contribution in [0.15, 0.2) is 43.5 Å². The van der Waals surface area contributed by atoms with Crippen LogP contribution in [0.5, 0.6) is 11.5 Å². The largest absolute Gasteiger partial charge is 0.454 e. The molecule has 126 valence electrons. The van der Waals surface area contributed by atoms with Crippen LogP contribution < -0.4 is 14.4 Å². The first-order chi connectivity index (χ1) is 11.6. The third-order valence-electron chi connectivity index (χ3n) is 4.15. The van der Waals surface area contributed by atoms with Crippen molar-refractivity contribution in [3.05, 3.63) is 43.5 Å². The van der Waals surface area contributed by atoms with Gasteiger partial charge in [0.2, 0.25) is 18.6 Å². The minimum atomic E-state index is -0.358. The molecular formula is C18H20N2O4. The van der Waals surface area contributed by atoms with Crippen LogP contribution in [0.3, 0.4) is 0 Å². The lowest BCUT2D eigenvalue weighted by atomic mass is 10.1. The molecule has 0 bridgehead atoms. The van der Waals surface area contributed by atoms with Crippen molar-refractivity contribution < 1.29 is 19.1 Å². The van der Waals surface area contributed by atoms with Gasteiger partial charge >= 0.3 is 0 Å². The average Bonchev–Trinajstić information content (AvgIpc) is 3.19. The Morgan fingerprint density at radius 1 is 1.25 bits per heavy atom. The van der Waals surface area contributed by atoms with Gasteiger partial charge in [-0.15, -0.1) is 13.2 Å². The predicted octanol–water partition coefficient (Wildman–Crippen LogP) is 1.97. The van der Waals surface area contributed by atoms with Crippen molar-refractivity contribution >= 4 is 17.5 Å². The number of carbonyl (C=O) groups is 2. The van der Waals surface area contributed by atoms with E-state index in [0.717, 1.165) is 5.69 Å². The summed E-state index contributed by atoms with van der Waals surface area (Å²) in [5, 5.41) is 0. The van der Waals surface area contributed by atoms with Gasteiger partial charge in [0.05, 0.1) is 5.92 Å². The van der Waals surface area contributed by atoms with Gasteiger partial charge in [0.25, 0.3) is 0 Å². The Hall–Kier alpha value is -2.76. The topological polar surface area (TPSA) is 59.1 Å². The van der Waals surface area contributed by atoms with Crippen LogP contribution in [0.4, 0.5) is 5.69 Å². The number of anilines is 1. The van der Waals surface area contributed by atoms with E-state index >= 15 is 0 Å². The number of hydrogen-bond acceptors (Lipinski definition) is 4. The Balaban J connectivity index is 1.74. The summed E-state index contributed by atoms with van der Waals surface area (Å²) >= 11 is 0. The number of hydrogen-bond donors (Lipinski definition) is 0. The second-order valence-corrected chi connectivity index (χ2v) is 5.76. The Labute approximate surface area is 140 Å². The molecule has 0 aromatic heterocycles. The molecule has 24 heavy (non-hydrogen) atoms. The van der Waals surface area contributed by atoms with Gasteiger partial charge in [0, 0.05) is 37.8 Å². The maximum absolute atomic E-state index is 12.6. The van der Waals surface area contributed by atoms with Crippen molar-refractivity contribution in [2.75, 3.05) is 31.3 Å². The van der Waals surface area contributed by atoms with E-state index in [0.29, 0.717) is 31.1 Å². The molecule has 1 atom stereocenters. The molecule has 0 aliphatic carbocycles. The molecule has 6 nitrogen and oxygen atoms in total. The third kappa shape index (κ3) is 2.99. The first kappa shape index (κ1) is 16.1. The van der Waals surface area contributed by atoms with Gasteiger partial charge in [0.1, 0.15) is 0 Å². The Morgan fingerprint density at radius 2 is 1.96 bits per heavy atom. The first-order valence-electron chi connectivity index (χ1n) is 7.84. The molecule has 6 heteroatoms. The lowest BCUT2D eigenvalue weighted by molar-refractivity contribution is -0.134. The molecular weight excluding hydrogens is 308 g/mol. The van der Waals surface area contributed by atoms with Crippen LogP contribution in [0.2, 0.25) is 0 Å². The summed E-state index contributed by atoms with van der Waals surface area (Å²) in [6.45, 7) is 8.78. The fourth-order valence-corrected chi connectivity index (χ4v) is 3.00. The quantitative estimate of drug-likeness (QED) is 0.749. The van der Waals surface area contributed by atoms with Crippen molar-refractivity contribution in [3.63, 3.8) is 0 Å². The van der Waals surface area contributed by atoms with E-state index in [1.165, 1.54) is 0 Å². The van der Waals surface area contributed by atoms with Crippen LogP contribution in [-0.4, -0.2) is 43.1 Å². The van der Waals surface area contributed by atoms with Gasteiger partial charge in [-0.3, -0.25) is 9.59 Å². The molecule has 1 aromatic carbocycles. The fourth-order valence-electron chi connectivity index (χ4n) is 3.00. The lowest BCUT2D eigenvalue weighted by Crippen LogP contribution is -2.37. The summed E-state index contributed by atoms with van der Waals surface area (Å²) < 4.78 is 10.6. The van der Waals surface area contributed by atoms with E-state index in [1.807, 2.05) is 6.07 Å². The highest BCUT2D eigenvalue weighted by atomic mass is 16.7. The molecule has 2 heterocycles. The van der Waals surface area contributed by atoms with E-state index in [9.17, 15) is 9.59 Å². The zero-order chi connectivity index (χ0) is 17.1. The smallest absolute Gasteiger partial charge is 0.231 e. The number of carbonyl (C=O) groups excluding carboxylic acids is 2. The Kier molecular flexibility index (Phi) is 4.55. The Morgan fingerprint density at radius 3 is 2.67 bits per heavy atom. The summed E-state index contributed by atoms with van der Waals surface area (Å²) in [5.74, 6) is 0.815. The molecule has 0 saturated carbocycles. The zero-order valence-corrected chi connectivity index (χ0v) is 13.4. The van der Waals surface area contributed by atoms with Gasteiger partial charge in [-0.2, -0.15) is 0 Å². The van der Waals surface area contributed by atoms with Gasteiger partial charge in [-0.1, -0.05) is 12.2 Å². The van der Waals surface area contributed by atoms with Crippen molar-refractivity contribution in [3.8, 4) is 11.5 Å². The van der Waals surface area contributed by atoms with Crippen molar-refractivity contribution in [1.29, 1.82) is 0 Å². The maximum atomic E-state index is 12.6. The fraction of sp³-hybridized carbons (Fsp3) is 0.333. The molecule has 2 aliphatic rings. The van der Waals surface area contributed by atoms with E-state index < -0.39 is 0 Å². The van der Waals surface area contributed by atoms with Crippen molar-refractivity contribution in [2.45, 2.75) is 6.42 Å². The monoisotopic (exact) mass is 328 g/mol. The summed E-state index contributed by atoms with van der Waals surface area (Å²) in [4.78, 5) is 28.3. The van der Waals surface area contributed by atoms with Gasteiger partial charge in [-0.05, 0) is 12.1 Å². The summed E-state index contributed by atoms with van der Waals surface area (Å²) in [5.41, 5.74) is 0.721. The molecule has 1 aromatic rings. The minimum Gasteiger partial charge on any atom is -0.454 e. The SMILES string of the molecule is C=CCN(CC=C)C(=O)C1CC(=O)N(c2ccc3c(c2)OCO3)C1. The van der Waals surface area contributed by atoms with Crippen LogP contribution in [-0.2, 0) is 9.59 Å². The summed E-state index contributed by atoms with van der Waals surface area (Å²) in [6.07, 6.45) is 3.56. The van der Waals surface area contributed by atoms with E-state index in [-0.39, 0.29) is 30.9 Å². The van der Waals surface area contributed by atoms with Crippen molar-refractivity contribution in [1.82, 2.24) is 4.90 Å². The first-order valence-corrected chi connectivity index (χ1v) is 7.84. The predicted molar refractivity (Wildman–Crippen MR) is 90.0 cm³/mol. The second-order valence-electron chi connectivity index (χ2n) is 5.76. The molecule has 2 aliphatic heterocycles. The number of nitrogens with zero attached hydrogens (tertiary/aromatic N) is 2. The molecule has 0 radical (unpaired) electrons. The molecule has 1 fully saturated rings. The van der Waals surface area contributed by atoms with Gasteiger partial charge in [-0.25, -0.2) is 0 Å². The van der Waals surface area contributed by atoms with Crippen LogP contribution in [0, 0.1) is 5.92 Å². The highest BCUT2D eigenvalue weighted by Gasteiger charge is 2.37. The van der Waals surface area contributed by atoms with Gasteiger partial charge in [0.15, 0.2) is 11.5 Å². The minimum absolute atomic E-state index is 0.0496. The number of benzene rings is 1. The zero-order valence-electron chi connectivity index (χ0n) is 13.4. The molecule has 0 spiro atoms. The van der Waals surface area contributed by atoms with E-state index in [4.69, 9.17) is 9.47 Å². The Bertz CT molecular complexity index is 676. The van der Waals surface area contributed by atoms with E-state index in [2.05, 4.69) is 13.2 Å². The molecule has 0 N–H and O–H groups in total. The maximum Gasteiger partial charge on any atom is 0.231 e. The number of rotatable bonds is 6. The molecule has 2 amide bonds.